The van der Waals surface area contributed by atoms with Gasteiger partial charge in [0.1, 0.15) is 0 Å². The van der Waals surface area contributed by atoms with E-state index in [0.717, 1.165) is 0 Å². The summed E-state index contributed by atoms with van der Waals surface area (Å²) in [5.41, 5.74) is 1.77. The summed E-state index contributed by atoms with van der Waals surface area (Å²) in [7, 11) is 3.40. The Balaban J connectivity index is 2.23. The van der Waals surface area contributed by atoms with Crippen LogP contribution in [0.5, 0.6) is 0 Å². The molecular weight excluding hydrogens is 359 g/mol. The smallest absolute Gasteiger partial charge is 0.391 e. The van der Waals surface area contributed by atoms with E-state index < -0.39 is 18.1 Å². The van der Waals surface area contributed by atoms with Crippen molar-refractivity contribution >= 4 is 23.0 Å². The van der Waals surface area contributed by atoms with Crippen molar-refractivity contribution < 1.29 is 23.1 Å². The zero-order valence-electron chi connectivity index (χ0n) is 15.4. The lowest BCUT2D eigenvalue weighted by molar-refractivity contribution is -0.182. The Bertz CT molecular complexity index is 720. The molecule has 3 N–H and O–H groups in total. The van der Waals surface area contributed by atoms with Crippen LogP contribution in [0.3, 0.4) is 0 Å². The van der Waals surface area contributed by atoms with Gasteiger partial charge in [-0.15, -0.1) is 6.42 Å². The highest BCUT2D eigenvalue weighted by Gasteiger charge is 2.41. The van der Waals surface area contributed by atoms with Gasteiger partial charge in [0, 0.05) is 20.1 Å². The molecule has 1 aliphatic rings. The second-order valence-electron chi connectivity index (χ2n) is 6.76. The van der Waals surface area contributed by atoms with E-state index in [2.05, 4.69) is 16.6 Å². The number of nitrogens with zero attached hydrogens (tertiary/aromatic N) is 1. The monoisotopic (exact) mass is 383 g/mol. The van der Waals surface area contributed by atoms with E-state index >= 15 is 0 Å². The van der Waals surface area contributed by atoms with Crippen molar-refractivity contribution in [2.45, 2.75) is 37.9 Å². The molecule has 1 aliphatic carbocycles. The Kier molecular flexibility index (Phi) is 6.47. The summed E-state index contributed by atoms with van der Waals surface area (Å²) in [6, 6.07) is 3.06. The first kappa shape index (κ1) is 20.7. The zero-order chi connectivity index (χ0) is 20.2. The van der Waals surface area contributed by atoms with Crippen LogP contribution in [0, 0.1) is 18.3 Å². The molecule has 0 saturated heterocycles. The van der Waals surface area contributed by atoms with E-state index in [0.29, 0.717) is 29.9 Å². The summed E-state index contributed by atoms with van der Waals surface area (Å²) in [6.07, 6.45) is 2.08. The fourth-order valence-electron chi connectivity index (χ4n) is 3.41. The Morgan fingerprint density at radius 3 is 2.41 bits per heavy atom. The number of anilines is 3. The standard InChI is InChI=1S/C19H24F3N3O2/c1-4-9-25(3)17-11-15(23-2)16(10-14(17)18(26)27)24-13-7-5-12(6-8-13)19(20,21)22/h1,10-13,23-24H,5-9H2,2-3H3,(H,26,27). The molecule has 0 amide bonds. The molecular formula is C19H24F3N3O2. The lowest BCUT2D eigenvalue weighted by Gasteiger charge is -2.31. The lowest BCUT2D eigenvalue weighted by Crippen LogP contribution is -2.33. The maximum absolute atomic E-state index is 12.8. The molecule has 0 atom stereocenters. The molecule has 1 aromatic carbocycles. The fraction of sp³-hybridized carbons (Fsp3) is 0.526. The maximum Gasteiger partial charge on any atom is 0.391 e. The van der Waals surface area contributed by atoms with Gasteiger partial charge in [-0.05, 0) is 37.8 Å². The second-order valence-corrected chi connectivity index (χ2v) is 6.76. The number of carboxylic acids is 1. The minimum Gasteiger partial charge on any atom is -0.478 e. The van der Waals surface area contributed by atoms with E-state index in [1.165, 1.54) is 6.07 Å². The molecule has 8 heteroatoms. The van der Waals surface area contributed by atoms with Crippen molar-refractivity contribution in [2.24, 2.45) is 5.92 Å². The van der Waals surface area contributed by atoms with Crippen molar-refractivity contribution in [3.8, 4) is 12.3 Å². The van der Waals surface area contributed by atoms with Gasteiger partial charge in [-0.25, -0.2) is 4.79 Å². The molecule has 1 saturated carbocycles. The number of hydrogen-bond donors (Lipinski definition) is 3. The molecule has 0 spiro atoms. The number of alkyl halides is 3. The van der Waals surface area contributed by atoms with Gasteiger partial charge in [-0.1, -0.05) is 5.92 Å². The van der Waals surface area contributed by atoms with E-state index in [-0.39, 0.29) is 31.0 Å². The molecule has 0 heterocycles. The van der Waals surface area contributed by atoms with Crippen LogP contribution in [0.1, 0.15) is 36.0 Å². The predicted molar refractivity (Wildman–Crippen MR) is 100 cm³/mol. The average molecular weight is 383 g/mol. The SMILES string of the molecule is C#CCN(C)c1cc(NC)c(NC2CCC(C(F)(F)F)CC2)cc1C(=O)O. The van der Waals surface area contributed by atoms with Crippen LogP contribution in [-0.2, 0) is 0 Å². The molecule has 1 aromatic rings. The minimum atomic E-state index is -4.15. The van der Waals surface area contributed by atoms with Crippen LogP contribution in [0.4, 0.5) is 30.2 Å². The van der Waals surface area contributed by atoms with Gasteiger partial charge in [0.15, 0.2) is 0 Å². The van der Waals surface area contributed by atoms with Gasteiger partial charge in [0.05, 0.1) is 35.1 Å². The van der Waals surface area contributed by atoms with Crippen LogP contribution in [0.25, 0.3) is 0 Å². The fourth-order valence-corrected chi connectivity index (χ4v) is 3.41. The molecule has 0 radical (unpaired) electrons. The minimum absolute atomic E-state index is 0.0742. The number of benzene rings is 1. The number of nitrogens with one attached hydrogen (secondary N) is 2. The van der Waals surface area contributed by atoms with Crippen LogP contribution >= 0.6 is 0 Å². The lowest BCUT2D eigenvalue weighted by atomic mass is 9.85. The predicted octanol–water partition coefficient (Wildman–Crippen LogP) is 4.03. The Hall–Kier alpha value is -2.56. The number of rotatable bonds is 6. The van der Waals surface area contributed by atoms with Crippen molar-refractivity contribution in [2.75, 3.05) is 36.2 Å². The highest BCUT2D eigenvalue weighted by atomic mass is 19.4. The van der Waals surface area contributed by atoms with Gasteiger partial charge in [0.25, 0.3) is 0 Å². The molecule has 0 bridgehead atoms. The van der Waals surface area contributed by atoms with E-state index in [9.17, 15) is 23.1 Å². The normalized spacial score (nSPS) is 19.9. The number of halogens is 3. The van der Waals surface area contributed by atoms with E-state index in [1.807, 2.05) is 0 Å². The summed E-state index contributed by atoms with van der Waals surface area (Å²) >= 11 is 0. The topological polar surface area (TPSA) is 64.6 Å². The van der Waals surface area contributed by atoms with Crippen molar-refractivity contribution in [1.29, 1.82) is 0 Å². The first-order valence-corrected chi connectivity index (χ1v) is 8.74. The summed E-state index contributed by atoms with van der Waals surface area (Å²) < 4.78 is 38.5. The summed E-state index contributed by atoms with van der Waals surface area (Å²) in [5.74, 6) is 0.118. The highest BCUT2D eigenvalue weighted by molar-refractivity contribution is 5.98. The first-order chi connectivity index (χ1) is 12.7. The third-order valence-electron chi connectivity index (χ3n) is 4.93. The van der Waals surface area contributed by atoms with Crippen molar-refractivity contribution in [1.82, 2.24) is 0 Å². The quantitative estimate of drug-likeness (QED) is 0.648. The molecule has 1 fully saturated rings. The highest BCUT2D eigenvalue weighted by Crippen LogP contribution is 2.39. The van der Waals surface area contributed by atoms with Gasteiger partial charge >= 0.3 is 12.1 Å². The van der Waals surface area contributed by atoms with Gasteiger partial charge in [-0.3, -0.25) is 0 Å². The molecule has 27 heavy (non-hydrogen) atoms. The van der Waals surface area contributed by atoms with Crippen LogP contribution in [-0.4, -0.2) is 43.9 Å². The molecule has 2 rings (SSSR count). The second kappa shape index (κ2) is 8.42. The Morgan fingerprint density at radius 2 is 1.93 bits per heavy atom. The summed E-state index contributed by atoms with van der Waals surface area (Å²) in [5, 5.41) is 15.8. The summed E-state index contributed by atoms with van der Waals surface area (Å²) in [4.78, 5) is 13.3. The maximum atomic E-state index is 12.8. The third-order valence-corrected chi connectivity index (χ3v) is 4.93. The zero-order valence-corrected chi connectivity index (χ0v) is 15.4. The van der Waals surface area contributed by atoms with Crippen LogP contribution in [0.15, 0.2) is 12.1 Å². The van der Waals surface area contributed by atoms with Gasteiger partial charge in [0.2, 0.25) is 0 Å². The summed E-state index contributed by atoms with van der Waals surface area (Å²) in [6.45, 7) is 0.248. The van der Waals surface area contributed by atoms with Gasteiger partial charge < -0.3 is 20.6 Å². The van der Waals surface area contributed by atoms with Crippen LogP contribution < -0.4 is 15.5 Å². The first-order valence-electron chi connectivity index (χ1n) is 8.74. The molecule has 148 valence electrons. The van der Waals surface area contributed by atoms with E-state index in [1.54, 1.807) is 25.1 Å². The molecule has 0 unspecified atom stereocenters. The largest absolute Gasteiger partial charge is 0.478 e. The Morgan fingerprint density at radius 1 is 1.30 bits per heavy atom. The average Bonchev–Trinajstić information content (AvgIpc) is 2.61. The molecule has 0 aliphatic heterocycles. The molecule has 0 aromatic heterocycles. The van der Waals surface area contributed by atoms with Gasteiger partial charge in [-0.2, -0.15) is 13.2 Å². The number of terminal acetylenes is 1. The van der Waals surface area contributed by atoms with Crippen LogP contribution in [0.2, 0.25) is 0 Å². The number of hydrogen-bond acceptors (Lipinski definition) is 4. The Labute approximate surface area is 156 Å². The van der Waals surface area contributed by atoms with E-state index in [4.69, 9.17) is 6.42 Å². The number of aromatic carboxylic acids is 1. The number of carboxylic acid groups (broad SMARTS) is 1. The number of carbonyl (C=O) groups is 1. The van der Waals surface area contributed by atoms with Crippen molar-refractivity contribution in [3.63, 3.8) is 0 Å². The third kappa shape index (κ3) is 5.00. The van der Waals surface area contributed by atoms with Crippen molar-refractivity contribution in [3.05, 3.63) is 17.7 Å². The molecule has 5 nitrogen and oxygen atoms in total.